The fraction of sp³-hybridized carbons (Fsp3) is 0.438. The van der Waals surface area contributed by atoms with Crippen LogP contribution in [0.4, 0.5) is 5.13 Å². The van der Waals surface area contributed by atoms with Crippen LogP contribution in [-0.2, 0) is 14.3 Å². The minimum Gasteiger partial charge on any atom is -0.481 e. The number of aryl methyl sites for hydroxylation is 1. The second kappa shape index (κ2) is 5.94. The number of rotatable bonds is 4. The average molecular weight is 364 g/mol. The van der Waals surface area contributed by atoms with Crippen molar-refractivity contribution in [3.05, 3.63) is 22.4 Å². The van der Waals surface area contributed by atoms with Gasteiger partial charge in [0.15, 0.2) is 5.13 Å². The average Bonchev–Trinajstić information content (AvgIpc) is 3.29. The first-order valence-electron chi connectivity index (χ1n) is 7.74. The van der Waals surface area contributed by atoms with Gasteiger partial charge in [0.1, 0.15) is 0 Å². The van der Waals surface area contributed by atoms with E-state index in [0.717, 1.165) is 17.0 Å². The predicted octanol–water partition coefficient (Wildman–Crippen LogP) is 3.00. The summed E-state index contributed by atoms with van der Waals surface area (Å²) in [5.74, 6) is -2.67. The molecule has 4 atom stereocenters. The highest BCUT2D eigenvalue weighted by atomic mass is 32.1. The molecule has 0 unspecified atom stereocenters. The fourth-order valence-corrected chi connectivity index (χ4v) is 5.15. The van der Waals surface area contributed by atoms with Gasteiger partial charge >= 0.3 is 5.97 Å². The van der Waals surface area contributed by atoms with E-state index >= 15 is 0 Å². The maximum Gasteiger partial charge on any atom is 0.310 e. The number of carbonyl (C=O) groups excluding carboxylic acids is 1. The molecule has 2 saturated heterocycles. The molecular weight excluding hydrogens is 348 g/mol. The summed E-state index contributed by atoms with van der Waals surface area (Å²) in [6, 6.07) is 4.03. The number of nitrogens with one attached hydrogen (secondary N) is 1. The van der Waals surface area contributed by atoms with Crippen molar-refractivity contribution in [3.63, 3.8) is 0 Å². The van der Waals surface area contributed by atoms with Crippen LogP contribution < -0.4 is 5.32 Å². The Bertz CT molecular complexity index is 800. The molecule has 4 heterocycles. The molecule has 0 aromatic carbocycles. The molecule has 2 aromatic rings. The van der Waals surface area contributed by atoms with Crippen LogP contribution in [0.15, 0.2) is 17.5 Å². The van der Waals surface area contributed by atoms with E-state index in [4.69, 9.17) is 4.74 Å². The molecule has 6 nitrogen and oxygen atoms in total. The number of aliphatic carboxylic acids is 1. The lowest BCUT2D eigenvalue weighted by atomic mass is 9.79. The summed E-state index contributed by atoms with van der Waals surface area (Å²) in [5.41, 5.74) is 0.826. The van der Waals surface area contributed by atoms with Crippen molar-refractivity contribution in [1.29, 1.82) is 0 Å². The highest BCUT2D eigenvalue weighted by Crippen LogP contribution is 2.44. The zero-order chi connectivity index (χ0) is 16.8. The van der Waals surface area contributed by atoms with Gasteiger partial charge in [0.25, 0.3) is 0 Å². The monoisotopic (exact) mass is 364 g/mol. The number of carboxylic acids is 1. The molecule has 2 aromatic heterocycles. The van der Waals surface area contributed by atoms with Gasteiger partial charge in [-0.3, -0.25) is 9.59 Å². The molecule has 0 radical (unpaired) electrons. The number of amides is 1. The number of thiophene rings is 1. The van der Waals surface area contributed by atoms with Crippen LogP contribution in [0, 0.1) is 18.8 Å². The second-order valence-electron chi connectivity index (χ2n) is 6.12. The number of thiazole rings is 1. The topological polar surface area (TPSA) is 88.5 Å². The van der Waals surface area contributed by atoms with Gasteiger partial charge in [0.05, 0.1) is 34.6 Å². The third kappa shape index (κ3) is 2.64. The van der Waals surface area contributed by atoms with Crippen LogP contribution in [0.25, 0.3) is 10.6 Å². The van der Waals surface area contributed by atoms with Gasteiger partial charge in [-0.15, -0.1) is 22.7 Å². The third-order valence-electron chi connectivity index (χ3n) is 4.59. The van der Waals surface area contributed by atoms with Crippen LogP contribution in [0.1, 0.15) is 17.7 Å². The van der Waals surface area contributed by atoms with Gasteiger partial charge in [-0.05, 0) is 31.9 Å². The van der Waals surface area contributed by atoms with Crippen molar-refractivity contribution in [2.75, 3.05) is 5.32 Å². The largest absolute Gasteiger partial charge is 0.481 e. The molecular formula is C16H16N2O4S2. The van der Waals surface area contributed by atoms with Crippen molar-refractivity contribution in [2.45, 2.75) is 32.0 Å². The quantitative estimate of drug-likeness (QED) is 0.871. The van der Waals surface area contributed by atoms with E-state index in [0.29, 0.717) is 11.6 Å². The van der Waals surface area contributed by atoms with E-state index in [-0.39, 0.29) is 18.1 Å². The molecule has 2 N–H and O–H groups in total. The summed E-state index contributed by atoms with van der Waals surface area (Å²) in [4.78, 5) is 30.8. The highest BCUT2D eigenvalue weighted by Gasteiger charge is 2.55. The number of ether oxygens (including phenoxy) is 1. The van der Waals surface area contributed by atoms with E-state index < -0.39 is 17.8 Å². The molecule has 2 bridgehead atoms. The standard InChI is InChI=1S/C16H16N2O4S2/c1-7-2-5-11(24-7)8-6-23-16(17-8)18-14(19)12-9-3-4-10(22-9)13(12)15(20)21/h2,5-6,9-10,12-13H,3-4H2,1H3,(H,20,21)(H,17,18,19)/t9-,10-,12+,13-/m0/s1. The van der Waals surface area contributed by atoms with E-state index in [2.05, 4.69) is 10.3 Å². The Balaban J connectivity index is 1.50. The van der Waals surface area contributed by atoms with Gasteiger partial charge < -0.3 is 15.2 Å². The molecule has 0 aliphatic carbocycles. The summed E-state index contributed by atoms with van der Waals surface area (Å²) in [7, 11) is 0. The smallest absolute Gasteiger partial charge is 0.310 e. The van der Waals surface area contributed by atoms with Crippen LogP contribution in [0.5, 0.6) is 0 Å². The molecule has 4 rings (SSSR count). The Kier molecular flexibility index (Phi) is 3.90. The summed E-state index contributed by atoms with van der Waals surface area (Å²) in [5, 5.41) is 14.6. The first-order chi connectivity index (χ1) is 11.5. The Morgan fingerprint density at radius 2 is 2.04 bits per heavy atom. The lowest BCUT2D eigenvalue weighted by Gasteiger charge is -2.23. The molecule has 0 saturated carbocycles. The number of fused-ring (bicyclic) bond motifs is 2. The Morgan fingerprint density at radius 3 is 2.71 bits per heavy atom. The van der Waals surface area contributed by atoms with Crippen molar-refractivity contribution in [3.8, 4) is 10.6 Å². The number of nitrogens with zero attached hydrogens (tertiary/aromatic N) is 1. The van der Waals surface area contributed by atoms with Gasteiger partial charge in [0, 0.05) is 10.3 Å². The van der Waals surface area contributed by atoms with Crippen molar-refractivity contribution in [1.82, 2.24) is 4.98 Å². The van der Waals surface area contributed by atoms with E-state index in [1.54, 1.807) is 11.3 Å². The molecule has 2 aliphatic heterocycles. The zero-order valence-electron chi connectivity index (χ0n) is 12.9. The lowest BCUT2D eigenvalue weighted by molar-refractivity contribution is -0.147. The van der Waals surface area contributed by atoms with Gasteiger partial charge in [-0.1, -0.05) is 0 Å². The molecule has 1 amide bonds. The van der Waals surface area contributed by atoms with Gasteiger partial charge in [-0.25, -0.2) is 4.98 Å². The maximum atomic E-state index is 12.6. The highest BCUT2D eigenvalue weighted by molar-refractivity contribution is 7.17. The number of carboxylic acid groups (broad SMARTS) is 1. The Labute approximate surface area is 146 Å². The number of anilines is 1. The summed E-state index contributed by atoms with van der Waals surface area (Å²) in [6.07, 6.45) is 0.814. The van der Waals surface area contributed by atoms with E-state index in [9.17, 15) is 14.7 Å². The van der Waals surface area contributed by atoms with Gasteiger partial charge in [0.2, 0.25) is 5.91 Å². The van der Waals surface area contributed by atoms with Crippen molar-refractivity contribution < 1.29 is 19.4 Å². The fourth-order valence-electron chi connectivity index (χ4n) is 3.53. The summed E-state index contributed by atoms with van der Waals surface area (Å²) < 4.78 is 5.64. The second-order valence-corrected chi connectivity index (χ2v) is 8.26. The first-order valence-corrected chi connectivity index (χ1v) is 9.44. The molecule has 8 heteroatoms. The number of aromatic nitrogens is 1. The minimum atomic E-state index is -0.962. The van der Waals surface area contributed by atoms with Crippen molar-refractivity contribution in [2.24, 2.45) is 11.8 Å². The van der Waals surface area contributed by atoms with Crippen LogP contribution in [0.2, 0.25) is 0 Å². The molecule has 2 aliphatic rings. The molecule has 24 heavy (non-hydrogen) atoms. The van der Waals surface area contributed by atoms with Crippen molar-refractivity contribution >= 4 is 39.7 Å². The normalized spacial score (nSPS) is 28.2. The molecule has 126 valence electrons. The number of hydrogen-bond donors (Lipinski definition) is 2. The molecule has 0 spiro atoms. The zero-order valence-corrected chi connectivity index (χ0v) is 14.5. The number of hydrogen-bond acceptors (Lipinski definition) is 6. The van der Waals surface area contributed by atoms with Crippen LogP contribution >= 0.6 is 22.7 Å². The predicted molar refractivity (Wildman–Crippen MR) is 91.3 cm³/mol. The summed E-state index contributed by atoms with van der Waals surface area (Å²) >= 11 is 2.99. The lowest BCUT2D eigenvalue weighted by Crippen LogP contribution is -2.40. The Morgan fingerprint density at radius 1 is 1.29 bits per heavy atom. The maximum absolute atomic E-state index is 12.6. The third-order valence-corrected chi connectivity index (χ3v) is 6.37. The van der Waals surface area contributed by atoms with Crippen LogP contribution in [-0.4, -0.2) is 34.2 Å². The first kappa shape index (κ1) is 15.7. The van der Waals surface area contributed by atoms with E-state index in [1.807, 2.05) is 24.4 Å². The Hall–Kier alpha value is -1.77. The molecule has 2 fully saturated rings. The minimum absolute atomic E-state index is 0.296. The van der Waals surface area contributed by atoms with E-state index in [1.165, 1.54) is 16.2 Å². The SMILES string of the molecule is Cc1ccc(-c2csc(NC(=O)[C@H]3[C@@H](C(=O)O)[C@@H]4CC[C@@H]3O4)n2)s1. The van der Waals surface area contributed by atoms with Crippen LogP contribution in [0.3, 0.4) is 0 Å². The summed E-state index contributed by atoms with van der Waals surface area (Å²) in [6.45, 7) is 2.03. The number of carbonyl (C=O) groups is 2. The van der Waals surface area contributed by atoms with Gasteiger partial charge in [-0.2, -0.15) is 0 Å².